The quantitative estimate of drug-likeness (QED) is 0.768. The molecule has 2 heterocycles. The van der Waals surface area contributed by atoms with Crippen LogP contribution >= 0.6 is 0 Å². The van der Waals surface area contributed by atoms with Crippen LogP contribution in [0.1, 0.15) is 0 Å². The SMILES string of the molecule is COc1ccccc1-c1c[nH]cc1-c1ccncc1. The van der Waals surface area contributed by atoms with Crippen molar-refractivity contribution in [2.75, 3.05) is 7.11 Å². The molecule has 1 aromatic carbocycles. The fraction of sp³-hybridized carbons (Fsp3) is 0.0625. The maximum atomic E-state index is 5.43. The Morgan fingerprint density at radius 2 is 1.63 bits per heavy atom. The number of ether oxygens (including phenoxy) is 1. The second-order valence-electron chi connectivity index (χ2n) is 4.22. The summed E-state index contributed by atoms with van der Waals surface area (Å²) in [6.07, 6.45) is 7.59. The molecule has 3 rings (SSSR count). The Bertz CT molecular complexity index is 674. The summed E-state index contributed by atoms with van der Waals surface area (Å²) in [6, 6.07) is 12.0. The number of pyridine rings is 1. The number of benzene rings is 1. The van der Waals surface area contributed by atoms with Gasteiger partial charge in [0.15, 0.2) is 0 Å². The number of rotatable bonds is 3. The molecule has 0 aliphatic rings. The lowest BCUT2D eigenvalue weighted by atomic mass is 9.99. The number of H-pyrrole nitrogens is 1. The molecule has 0 aliphatic carbocycles. The molecule has 0 saturated carbocycles. The van der Waals surface area contributed by atoms with Gasteiger partial charge >= 0.3 is 0 Å². The van der Waals surface area contributed by atoms with Crippen LogP contribution < -0.4 is 4.74 Å². The molecule has 0 atom stereocenters. The molecule has 0 fully saturated rings. The second-order valence-corrected chi connectivity index (χ2v) is 4.22. The Morgan fingerprint density at radius 1 is 0.895 bits per heavy atom. The monoisotopic (exact) mass is 250 g/mol. The molecule has 1 N–H and O–H groups in total. The summed E-state index contributed by atoms with van der Waals surface area (Å²) < 4.78 is 5.43. The fourth-order valence-electron chi connectivity index (χ4n) is 2.22. The summed E-state index contributed by atoms with van der Waals surface area (Å²) in [6.45, 7) is 0. The molecule has 0 aliphatic heterocycles. The van der Waals surface area contributed by atoms with Crippen LogP contribution in [0.2, 0.25) is 0 Å². The van der Waals surface area contributed by atoms with E-state index in [4.69, 9.17) is 4.74 Å². The predicted octanol–water partition coefficient (Wildman–Crippen LogP) is 3.75. The van der Waals surface area contributed by atoms with Crippen molar-refractivity contribution >= 4 is 0 Å². The Morgan fingerprint density at radius 3 is 2.42 bits per heavy atom. The number of methoxy groups -OCH3 is 1. The summed E-state index contributed by atoms with van der Waals surface area (Å²) in [5.41, 5.74) is 4.49. The Hall–Kier alpha value is -2.55. The lowest BCUT2D eigenvalue weighted by Crippen LogP contribution is -1.87. The van der Waals surface area contributed by atoms with Crippen LogP contribution in [0.25, 0.3) is 22.3 Å². The van der Waals surface area contributed by atoms with Gasteiger partial charge in [0, 0.05) is 41.5 Å². The molecule has 2 aromatic heterocycles. The summed E-state index contributed by atoms with van der Waals surface area (Å²) in [7, 11) is 1.69. The first-order valence-electron chi connectivity index (χ1n) is 6.10. The lowest BCUT2D eigenvalue weighted by Gasteiger charge is -2.09. The predicted molar refractivity (Wildman–Crippen MR) is 76.0 cm³/mol. The highest BCUT2D eigenvalue weighted by atomic mass is 16.5. The largest absolute Gasteiger partial charge is 0.496 e. The zero-order valence-electron chi connectivity index (χ0n) is 10.6. The molecule has 0 spiro atoms. The summed E-state index contributed by atoms with van der Waals surface area (Å²) in [5, 5.41) is 0. The van der Waals surface area contributed by atoms with E-state index >= 15 is 0 Å². The summed E-state index contributed by atoms with van der Waals surface area (Å²) in [4.78, 5) is 7.23. The smallest absolute Gasteiger partial charge is 0.126 e. The minimum atomic E-state index is 0.873. The minimum absolute atomic E-state index is 0.873. The number of nitrogens with zero attached hydrogens (tertiary/aromatic N) is 1. The first-order valence-corrected chi connectivity index (χ1v) is 6.10. The average Bonchev–Trinajstić information content (AvgIpc) is 2.97. The molecule has 94 valence electrons. The molecule has 0 saturated heterocycles. The van der Waals surface area contributed by atoms with Gasteiger partial charge in [0.25, 0.3) is 0 Å². The van der Waals surface area contributed by atoms with Gasteiger partial charge in [-0.15, -0.1) is 0 Å². The molecule has 19 heavy (non-hydrogen) atoms. The highest BCUT2D eigenvalue weighted by Crippen LogP contribution is 2.36. The van der Waals surface area contributed by atoms with Crippen LogP contribution in [-0.4, -0.2) is 17.1 Å². The number of nitrogens with one attached hydrogen (secondary N) is 1. The van der Waals surface area contributed by atoms with E-state index in [0.717, 1.165) is 28.0 Å². The van der Waals surface area contributed by atoms with Crippen molar-refractivity contribution in [1.29, 1.82) is 0 Å². The maximum absolute atomic E-state index is 5.43. The van der Waals surface area contributed by atoms with Gasteiger partial charge in [-0.25, -0.2) is 0 Å². The van der Waals surface area contributed by atoms with Crippen LogP contribution in [0.3, 0.4) is 0 Å². The van der Waals surface area contributed by atoms with Gasteiger partial charge in [-0.2, -0.15) is 0 Å². The Kier molecular flexibility index (Phi) is 3.02. The highest BCUT2D eigenvalue weighted by molar-refractivity contribution is 5.85. The minimum Gasteiger partial charge on any atom is -0.496 e. The lowest BCUT2D eigenvalue weighted by molar-refractivity contribution is 0.416. The normalized spacial score (nSPS) is 10.4. The van der Waals surface area contributed by atoms with Gasteiger partial charge < -0.3 is 9.72 Å². The van der Waals surface area contributed by atoms with Crippen molar-refractivity contribution in [2.45, 2.75) is 0 Å². The number of para-hydroxylation sites is 1. The van der Waals surface area contributed by atoms with Crippen LogP contribution in [0, 0.1) is 0 Å². The van der Waals surface area contributed by atoms with E-state index in [0.29, 0.717) is 0 Å². The number of aromatic nitrogens is 2. The van der Waals surface area contributed by atoms with E-state index in [1.54, 1.807) is 19.5 Å². The molecular weight excluding hydrogens is 236 g/mol. The van der Waals surface area contributed by atoms with E-state index in [1.807, 2.05) is 42.7 Å². The molecule has 3 nitrogen and oxygen atoms in total. The summed E-state index contributed by atoms with van der Waals surface area (Å²) in [5.74, 6) is 0.873. The van der Waals surface area contributed by atoms with Crippen molar-refractivity contribution < 1.29 is 4.74 Å². The van der Waals surface area contributed by atoms with E-state index in [-0.39, 0.29) is 0 Å². The first-order chi connectivity index (χ1) is 9.40. The van der Waals surface area contributed by atoms with E-state index in [9.17, 15) is 0 Å². The van der Waals surface area contributed by atoms with Gasteiger partial charge in [0.1, 0.15) is 5.75 Å². The van der Waals surface area contributed by atoms with Crippen LogP contribution in [0.15, 0.2) is 61.2 Å². The average molecular weight is 250 g/mol. The number of hydrogen-bond donors (Lipinski definition) is 1. The van der Waals surface area contributed by atoms with Crippen molar-refractivity contribution in [1.82, 2.24) is 9.97 Å². The Labute approximate surface area is 111 Å². The first kappa shape index (κ1) is 11.5. The van der Waals surface area contributed by atoms with Gasteiger partial charge in [0.05, 0.1) is 7.11 Å². The fourth-order valence-corrected chi connectivity index (χ4v) is 2.22. The van der Waals surface area contributed by atoms with Crippen molar-refractivity contribution in [3.8, 4) is 28.0 Å². The molecular formula is C16H14N2O. The van der Waals surface area contributed by atoms with Crippen molar-refractivity contribution in [3.05, 3.63) is 61.2 Å². The number of aromatic amines is 1. The van der Waals surface area contributed by atoms with Crippen LogP contribution in [0.4, 0.5) is 0 Å². The van der Waals surface area contributed by atoms with Crippen LogP contribution in [0.5, 0.6) is 5.75 Å². The van der Waals surface area contributed by atoms with E-state index < -0.39 is 0 Å². The zero-order valence-corrected chi connectivity index (χ0v) is 10.6. The second kappa shape index (κ2) is 4.98. The highest BCUT2D eigenvalue weighted by Gasteiger charge is 2.11. The summed E-state index contributed by atoms with van der Waals surface area (Å²) >= 11 is 0. The number of hydrogen-bond acceptors (Lipinski definition) is 2. The van der Waals surface area contributed by atoms with E-state index in [2.05, 4.69) is 16.0 Å². The third kappa shape index (κ3) is 2.10. The zero-order chi connectivity index (χ0) is 13.1. The topological polar surface area (TPSA) is 37.9 Å². The molecule has 3 aromatic rings. The van der Waals surface area contributed by atoms with Gasteiger partial charge in [0.2, 0.25) is 0 Å². The maximum Gasteiger partial charge on any atom is 0.126 e. The van der Waals surface area contributed by atoms with Gasteiger partial charge in [-0.3, -0.25) is 4.98 Å². The standard InChI is InChI=1S/C16H14N2O/c1-19-16-5-3-2-4-13(16)15-11-18-10-14(15)12-6-8-17-9-7-12/h2-11,18H,1H3. The van der Waals surface area contributed by atoms with Gasteiger partial charge in [-0.05, 0) is 23.8 Å². The van der Waals surface area contributed by atoms with E-state index in [1.165, 1.54) is 0 Å². The molecule has 0 radical (unpaired) electrons. The third-order valence-electron chi connectivity index (χ3n) is 3.13. The third-order valence-corrected chi connectivity index (χ3v) is 3.13. The molecule has 0 unspecified atom stereocenters. The molecule has 3 heteroatoms. The van der Waals surface area contributed by atoms with Crippen molar-refractivity contribution in [2.24, 2.45) is 0 Å². The molecule has 0 amide bonds. The van der Waals surface area contributed by atoms with Crippen LogP contribution in [-0.2, 0) is 0 Å². The Balaban J connectivity index is 2.15. The van der Waals surface area contributed by atoms with Crippen molar-refractivity contribution in [3.63, 3.8) is 0 Å². The van der Waals surface area contributed by atoms with Gasteiger partial charge in [-0.1, -0.05) is 18.2 Å². The molecule has 0 bridgehead atoms.